The van der Waals surface area contributed by atoms with Gasteiger partial charge < -0.3 is 10.5 Å². The van der Waals surface area contributed by atoms with Gasteiger partial charge in [-0.25, -0.2) is 0 Å². The summed E-state index contributed by atoms with van der Waals surface area (Å²) in [6.45, 7) is 4.88. The Kier molecular flexibility index (Phi) is 4.00. The molecule has 2 heterocycles. The highest BCUT2D eigenvalue weighted by Crippen LogP contribution is 2.23. The van der Waals surface area contributed by atoms with E-state index < -0.39 is 0 Å². The van der Waals surface area contributed by atoms with Crippen molar-refractivity contribution in [2.45, 2.75) is 32.9 Å². The zero-order chi connectivity index (χ0) is 13.1. The maximum Gasteiger partial charge on any atom is 0.234 e. The molecule has 2 aromatic heterocycles. The zero-order valence-electron chi connectivity index (χ0n) is 10.6. The summed E-state index contributed by atoms with van der Waals surface area (Å²) < 4.78 is 6.79. The van der Waals surface area contributed by atoms with Gasteiger partial charge >= 0.3 is 0 Å². The lowest BCUT2D eigenvalue weighted by atomic mass is 10.2. The van der Waals surface area contributed by atoms with Crippen LogP contribution in [0.4, 0.5) is 0 Å². The van der Waals surface area contributed by atoms with E-state index in [1.807, 2.05) is 0 Å². The molecule has 7 nitrogen and oxygen atoms in total. The molecule has 0 aliphatic carbocycles. The average Bonchev–Trinajstić information content (AvgIpc) is 2.95. The molecule has 18 heavy (non-hydrogen) atoms. The molecule has 0 bridgehead atoms. The van der Waals surface area contributed by atoms with Crippen molar-refractivity contribution in [3.05, 3.63) is 16.4 Å². The fourth-order valence-corrected chi connectivity index (χ4v) is 2.29. The molecular weight excluding hydrogens is 252 g/mol. The predicted molar refractivity (Wildman–Crippen MR) is 67.5 cm³/mol. The summed E-state index contributed by atoms with van der Waals surface area (Å²) >= 11 is 1.50. The lowest BCUT2D eigenvalue weighted by molar-refractivity contribution is 0.178. The van der Waals surface area contributed by atoms with Crippen LogP contribution < -0.4 is 5.73 Å². The molecule has 2 aromatic rings. The van der Waals surface area contributed by atoms with Crippen molar-refractivity contribution in [1.29, 1.82) is 0 Å². The number of hydrogen-bond acceptors (Lipinski definition) is 7. The molecule has 0 radical (unpaired) electrons. The van der Waals surface area contributed by atoms with Gasteiger partial charge in [0.25, 0.3) is 0 Å². The molecule has 0 atom stereocenters. The van der Waals surface area contributed by atoms with E-state index in [4.69, 9.17) is 10.5 Å². The van der Waals surface area contributed by atoms with Gasteiger partial charge in [0.2, 0.25) is 5.13 Å². The predicted octanol–water partition coefficient (Wildman–Crippen LogP) is 0.847. The number of hydrogen-bond donors (Lipinski definition) is 1. The molecule has 0 aliphatic rings. The Hall–Kier alpha value is -1.38. The fraction of sp³-hybridized carbons (Fsp3) is 0.600. The highest BCUT2D eigenvalue weighted by atomic mass is 32.1. The molecule has 0 aliphatic heterocycles. The van der Waals surface area contributed by atoms with Crippen LogP contribution in [0.5, 0.6) is 0 Å². The smallest absolute Gasteiger partial charge is 0.234 e. The number of methoxy groups -OCH3 is 1. The van der Waals surface area contributed by atoms with Gasteiger partial charge in [-0.05, 0) is 0 Å². The largest absolute Gasteiger partial charge is 0.378 e. The standard InChI is InChI=1S/C10H16N6OS/c1-6(2)9-13-14-10(18-9)16-8(5-17-3)7(4-11)12-15-16/h6H,4-5,11H2,1-3H3. The van der Waals surface area contributed by atoms with Gasteiger partial charge in [0.05, 0.1) is 12.3 Å². The molecule has 2 N–H and O–H groups in total. The van der Waals surface area contributed by atoms with E-state index in [1.54, 1.807) is 11.8 Å². The van der Waals surface area contributed by atoms with Crippen LogP contribution in [-0.4, -0.2) is 32.3 Å². The molecule has 98 valence electrons. The van der Waals surface area contributed by atoms with Crippen molar-refractivity contribution < 1.29 is 4.74 Å². The molecule has 0 aromatic carbocycles. The molecule has 0 amide bonds. The maximum atomic E-state index is 5.62. The summed E-state index contributed by atoms with van der Waals surface area (Å²) in [5.41, 5.74) is 7.17. The van der Waals surface area contributed by atoms with Gasteiger partial charge in [-0.3, -0.25) is 0 Å². The quantitative estimate of drug-likeness (QED) is 0.864. The van der Waals surface area contributed by atoms with E-state index in [1.165, 1.54) is 11.3 Å². The third-order valence-corrected chi connectivity index (χ3v) is 3.62. The summed E-state index contributed by atoms with van der Waals surface area (Å²) in [4.78, 5) is 0. The number of rotatable bonds is 5. The van der Waals surface area contributed by atoms with Crippen LogP contribution in [0, 0.1) is 0 Å². The van der Waals surface area contributed by atoms with E-state index in [-0.39, 0.29) is 0 Å². The average molecular weight is 268 g/mol. The Balaban J connectivity index is 2.39. The summed E-state index contributed by atoms with van der Waals surface area (Å²) in [6.07, 6.45) is 0. The van der Waals surface area contributed by atoms with E-state index in [2.05, 4.69) is 34.4 Å². The minimum Gasteiger partial charge on any atom is -0.378 e. The van der Waals surface area contributed by atoms with Crippen molar-refractivity contribution in [3.8, 4) is 5.13 Å². The topological polar surface area (TPSA) is 91.7 Å². The first kappa shape index (κ1) is 13.1. The highest BCUT2D eigenvalue weighted by molar-refractivity contribution is 7.13. The molecule has 0 saturated heterocycles. The lowest BCUT2D eigenvalue weighted by Crippen LogP contribution is -2.07. The van der Waals surface area contributed by atoms with Crippen LogP contribution in [0.3, 0.4) is 0 Å². The summed E-state index contributed by atoms with van der Waals surface area (Å²) in [6, 6.07) is 0. The molecule has 0 fully saturated rings. The van der Waals surface area contributed by atoms with E-state index in [0.717, 1.165) is 16.4 Å². The first-order valence-electron chi connectivity index (χ1n) is 5.63. The molecule has 0 unspecified atom stereocenters. The summed E-state index contributed by atoms with van der Waals surface area (Å²) in [7, 11) is 1.62. The van der Waals surface area contributed by atoms with Crippen LogP contribution in [0.15, 0.2) is 0 Å². The Labute approximate surface area is 109 Å². The second-order valence-electron chi connectivity index (χ2n) is 4.11. The second-order valence-corrected chi connectivity index (χ2v) is 5.10. The Bertz CT molecular complexity index is 520. The number of nitrogens with zero attached hydrogens (tertiary/aromatic N) is 5. The Morgan fingerprint density at radius 3 is 2.67 bits per heavy atom. The normalized spacial score (nSPS) is 11.4. The summed E-state index contributed by atoms with van der Waals surface area (Å²) in [5.74, 6) is 0.347. The van der Waals surface area contributed by atoms with E-state index in [0.29, 0.717) is 24.2 Å². The minimum absolute atomic E-state index is 0.328. The zero-order valence-corrected chi connectivity index (χ0v) is 11.4. The van der Waals surface area contributed by atoms with Gasteiger partial charge in [-0.1, -0.05) is 30.4 Å². The number of ether oxygens (including phenoxy) is 1. The van der Waals surface area contributed by atoms with Crippen LogP contribution in [0.2, 0.25) is 0 Å². The first-order valence-corrected chi connectivity index (χ1v) is 6.45. The van der Waals surface area contributed by atoms with Crippen molar-refractivity contribution in [2.24, 2.45) is 5.73 Å². The van der Waals surface area contributed by atoms with Gasteiger partial charge in [0, 0.05) is 19.6 Å². The summed E-state index contributed by atoms with van der Waals surface area (Å²) in [5, 5.41) is 18.0. The molecule has 8 heteroatoms. The minimum atomic E-state index is 0.328. The molecule has 2 rings (SSSR count). The Morgan fingerprint density at radius 1 is 1.33 bits per heavy atom. The maximum absolute atomic E-state index is 5.62. The second kappa shape index (κ2) is 5.51. The molecular formula is C10H16N6OS. The number of nitrogens with two attached hydrogens (primary N) is 1. The van der Waals surface area contributed by atoms with Crippen molar-refractivity contribution in [3.63, 3.8) is 0 Å². The fourth-order valence-electron chi connectivity index (χ4n) is 1.47. The third kappa shape index (κ3) is 2.40. The third-order valence-electron chi connectivity index (χ3n) is 2.42. The van der Waals surface area contributed by atoms with Crippen molar-refractivity contribution in [1.82, 2.24) is 25.2 Å². The van der Waals surface area contributed by atoms with Gasteiger partial charge in [0.1, 0.15) is 10.7 Å². The SMILES string of the molecule is COCc1c(CN)nnn1-c1nnc(C(C)C)s1. The Morgan fingerprint density at radius 2 is 2.11 bits per heavy atom. The van der Waals surface area contributed by atoms with Gasteiger partial charge in [0.15, 0.2) is 0 Å². The monoisotopic (exact) mass is 268 g/mol. The van der Waals surface area contributed by atoms with Gasteiger partial charge in [-0.15, -0.1) is 15.3 Å². The van der Waals surface area contributed by atoms with E-state index in [9.17, 15) is 0 Å². The highest BCUT2D eigenvalue weighted by Gasteiger charge is 2.17. The van der Waals surface area contributed by atoms with Crippen molar-refractivity contribution >= 4 is 11.3 Å². The van der Waals surface area contributed by atoms with E-state index >= 15 is 0 Å². The van der Waals surface area contributed by atoms with Crippen LogP contribution >= 0.6 is 11.3 Å². The van der Waals surface area contributed by atoms with Gasteiger partial charge in [-0.2, -0.15) is 4.68 Å². The van der Waals surface area contributed by atoms with Crippen LogP contribution in [0.25, 0.3) is 5.13 Å². The first-order chi connectivity index (χ1) is 8.67. The molecule has 0 saturated carbocycles. The number of aromatic nitrogens is 5. The molecule has 0 spiro atoms. The lowest BCUT2D eigenvalue weighted by Gasteiger charge is -2.02. The van der Waals surface area contributed by atoms with Crippen molar-refractivity contribution in [2.75, 3.05) is 7.11 Å². The van der Waals surface area contributed by atoms with Crippen LogP contribution in [-0.2, 0) is 17.9 Å². The van der Waals surface area contributed by atoms with Crippen LogP contribution in [0.1, 0.15) is 36.2 Å².